The number of thiazole rings is 1. The van der Waals surface area contributed by atoms with Crippen LogP contribution in [0.2, 0.25) is 5.02 Å². The molecule has 182 valence electrons. The van der Waals surface area contributed by atoms with Crippen LogP contribution in [0.15, 0.2) is 63.5 Å². The Labute approximate surface area is 211 Å². The molecule has 0 amide bonds. The number of benzene rings is 2. The molecule has 1 N–H and O–H groups in total. The van der Waals surface area contributed by atoms with E-state index in [0.29, 0.717) is 48.9 Å². The highest BCUT2D eigenvalue weighted by atomic mass is 35.5. The summed E-state index contributed by atoms with van der Waals surface area (Å²) in [4.78, 5) is 32.2. The zero-order valence-electron chi connectivity index (χ0n) is 19.6. The number of fused-ring (bicyclic) bond motifs is 1. The Bertz CT molecular complexity index is 1490. The number of esters is 1. The van der Waals surface area contributed by atoms with Crippen LogP contribution in [0.3, 0.4) is 0 Å². The lowest BCUT2D eigenvalue weighted by molar-refractivity contribution is -0.139. The molecule has 0 saturated heterocycles. The predicted octanol–water partition coefficient (Wildman–Crippen LogP) is 3.95. The number of aromatic nitrogens is 1. The van der Waals surface area contributed by atoms with Crippen LogP contribution in [0.1, 0.15) is 43.9 Å². The van der Waals surface area contributed by atoms with E-state index >= 15 is 0 Å². The van der Waals surface area contributed by atoms with Gasteiger partial charge in [-0.05, 0) is 55.3 Å². The number of halogens is 1. The van der Waals surface area contributed by atoms with Gasteiger partial charge in [-0.2, -0.15) is 0 Å². The minimum absolute atomic E-state index is 0.0999. The average molecular weight is 513 g/mol. The highest BCUT2D eigenvalue weighted by Crippen LogP contribution is 2.38. The molecule has 35 heavy (non-hydrogen) atoms. The Balaban J connectivity index is 2.06. The van der Waals surface area contributed by atoms with Gasteiger partial charge >= 0.3 is 5.97 Å². The first-order valence-electron chi connectivity index (χ1n) is 11.2. The van der Waals surface area contributed by atoms with E-state index < -0.39 is 12.0 Å². The van der Waals surface area contributed by atoms with Gasteiger partial charge in [0.2, 0.25) is 0 Å². The van der Waals surface area contributed by atoms with Crippen molar-refractivity contribution in [2.45, 2.75) is 32.7 Å². The first kappa shape index (κ1) is 24.8. The molecule has 1 atom stereocenters. The molecule has 0 spiro atoms. The van der Waals surface area contributed by atoms with Gasteiger partial charge < -0.3 is 14.6 Å². The monoisotopic (exact) mass is 512 g/mol. The summed E-state index contributed by atoms with van der Waals surface area (Å²) in [5.41, 5.74) is 1.79. The summed E-state index contributed by atoms with van der Waals surface area (Å²) in [7, 11) is 1.53. The standard InChI is InChI=1S/C26H25ClN2O5S/c1-4-7-19-22(25(32)34-5-2)23(18-14-16(27)10-11-20(18)33-3)29-24(31)21(35-26(29)28-19)13-15-8-6-9-17(30)12-15/h6,8-14,23,30H,4-5,7H2,1-3H3/b21-13+/t23-/m1/s1. The van der Waals surface area contributed by atoms with Crippen LogP contribution in [-0.2, 0) is 9.53 Å². The molecule has 1 aromatic heterocycles. The zero-order valence-corrected chi connectivity index (χ0v) is 21.2. The van der Waals surface area contributed by atoms with Gasteiger partial charge in [-0.25, -0.2) is 9.79 Å². The third-order valence-electron chi connectivity index (χ3n) is 5.55. The van der Waals surface area contributed by atoms with Crippen LogP contribution < -0.4 is 19.6 Å². The van der Waals surface area contributed by atoms with Gasteiger partial charge in [0.25, 0.3) is 5.56 Å². The smallest absolute Gasteiger partial charge is 0.338 e. The van der Waals surface area contributed by atoms with Crippen molar-refractivity contribution in [2.75, 3.05) is 13.7 Å². The minimum Gasteiger partial charge on any atom is -0.508 e. The number of carbonyl (C=O) groups is 1. The van der Waals surface area contributed by atoms with E-state index in [4.69, 9.17) is 26.1 Å². The van der Waals surface area contributed by atoms with Gasteiger partial charge in [0, 0.05) is 10.6 Å². The van der Waals surface area contributed by atoms with Gasteiger partial charge in [0.15, 0.2) is 4.80 Å². The molecule has 1 aliphatic heterocycles. The molecule has 0 fully saturated rings. The second kappa shape index (κ2) is 10.5. The van der Waals surface area contributed by atoms with E-state index in [0.717, 1.165) is 6.42 Å². The molecule has 4 rings (SSSR count). The summed E-state index contributed by atoms with van der Waals surface area (Å²) in [5, 5.41) is 10.3. The maximum Gasteiger partial charge on any atom is 0.338 e. The molecule has 0 saturated carbocycles. The van der Waals surface area contributed by atoms with Gasteiger partial charge in [-0.3, -0.25) is 9.36 Å². The maximum atomic E-state index is 13.7. The fourth-order valence-corrected chi connectivity index (χ4v) is 5.30. The number of ether oxygens (including phenoxy) is 2. The van der Waals surface area contributed by atoms with Crippen molar-refractivity contribution in [3.8, 4) is 11.5 Å². The third-order valence-corrected chi connectivity index (χ3v) is 6.76. The van der Waals surface area contributed by atoms with E-state index in [-0.39, 0.29) is 17.9 Å². The molecule has 9 heteroatoms. The lowest BCUT2D eigenvalue weighted by Crippen LogP contribution is -2.40. The number of aromatic hydroxyl groups is 1. The van der Waals surface area contributed by atoms with Crippen molar-refractivity contribution in [1.82, 2.24) is 4.57 Å². The van der Waals surface area contributed by atoms with Crippen molar-refractivity contribution >= 4 is 35.0 Å². The summed E-state index contributed by atoms with van der Waals surface area (Å²) in [6.07, 6.45) is 2.98. The Morgan fingerprint density at radius 3 is 2.74 bits per heavy atom. The number of hydrogen-bond acceptors (Lipinski definition) is 7. The van der Waals surface area contributed by atoms with Crippen LogP contribution >= 0.6 is 22.9 Å². The lowest BCUT2D eigenvalue weighted by atomic mass is 9.93. The van der Waals surface area contributed by atoms with Crippen molar-refractivity contribution in [1.29, 1.82) is 0 Å². The molecule has 0 unspecified atom stereocenters. The number of nitrogens with zero attached hydrogens (tertiary/aromatic N) is 2. The number of rotatable bonds is 7. The predicted molar refractivity (Wildman–Crippen MR) is 136 cm³/mol. The van der Waals surface area contributed by atoms with E-state index in [1.807, 2.05) is 6.92 Å². The second-order valence-electron chi connectivity index (χ2n) is 7.89. The van der Waals surface area contributed by atoms with Crippen LogP contribution in [0.4, 0.5) is 0 Å². The highest BCUT2D eigenvalue weighted by Gasteiger charge is 2.36. The fraction of sp³-hybridized carbons (Fsp3) is 0.269. The quantitative estimate of drug-likeness (QED) is 0.484. The first-order valence-corrected chi connectivity index (χ1v) is 12.4. The highest BCUT2D eigenvalue weighted by molar-refractivity contribution is 7.07. The first-order chi connectivity index (χ1) is 16.9. The third kappa shape index (κ3) is 4.90. The molecular weight excluding hydrogens is 488 g/mol. The number of phenolic OH excluding ortho intramolecular Hbond substituents is 1. The minimum atomic E-state index is -0.827. The Morgan fingerprint density at radius 2 is 2.06 bits per heavy atom. The largest absolute Gasteiger partial charge is 0.508 e. The number of allylic oxidation sites excluding steroid dienone is 1. The SMILES string of the molecule is CCCC1=C(C(=O)OCC)[C@@H](c2cc(Cl)ccc2OC)n2c(s/c(=C/c3cccc(O)c3)c2=O)=N1. The second-order valence-corrected chi connectivity index (χ2v) is 9.34. The molecule has 2 aromatic carbocycles. The van der Waals surface area contributed by atoms with Gasteiger partial charge in [0.05, 0.1) is 29.5 Å². The average Bonchev–Trinajstić information content (AvgIpc) is 3.13. The van der Waals surface area contributed by atoms with Gasteiger partial charge in [0.1, 0.15) is 17.5 Å². The molecule has 0 aliphatic carbocycles. The molecule has 2 heterocycles. The van der Waals surface area contributed by atoms with Crippen molar-refractivity contribution < 1.29 is 19.4 Å². The van der Waals surface area contributed by atoms with Crippen LogP contribution in [0.25, 0.3) is 6.08 Å². The van der Waals surface area contributed by atoms with Gasteiger partial charge in [-0.1, -0.05) is 48.4 Å². The van der Waals surface area contributed by atoms with Crippen molar-refractivity contribution in [3.63, 3.8) is 0 Å². The number of methoxy groups -OCH3 is 1. The molecule has 3 aromatic rings. The normalized spacial score (nSPS) is 15.5. The maximum absolute atomic E-state index is 13.7. The fourth-order valence-electron chi connectivity index (χ4n) is 4.10. The summed E-state index contributed by atoms with van der Waals surface area (Å²) in [5.74, 6) is 0.0541. The zero-order chi connectivity index (χ0) is 25.1. The molecule has 0 bridgehead atoms. The molecule has 1 aliphatic rings. The summed E-state index contributed by atoms with van der Waals surface area (Å²) in [6.45, 7) is 3.91. The summed E-state index contributed by atoms with van der Waals surface area (Å²) >= 11 is 7.57. The van der Waals surface area contributed by atoms with E-state index in [2.05, 4.69) is 0 Å². The van der Waals surface area contributed by atoms with Crippen LogP contribution in [-0.4, -0.2) is 29.4 Å². The topological polar surface area (TPSA) is 90.1 Å². The number of carbonyl (C=O) groups excluding carboxylic acids is 1. The number of phenols is 1. The van der Waals surface area contributed by atoms with Crippen molar-refractivity contribution in [3.05, 3.63) is 89.6 Å². The Morgan fingerprint density at radius 1 is 1.26 bits per heavy atom. The summed E-state index contributed by atoms with van der Waals surface area (Å²) < 4.78 is 12.9. The van der Waals surface area contributed by atoms with Crippen LogP contribution in [0, 0.1) is 0 Å². The lowest BCUT2D eigenvalue weighted by Gasteiger charge is -2.27. The summed E-state index contributed by atoms with van der Waals surface area (Å²) in [6, 6.07) is 10.9. The molecule has 0 radical (unpaired) electrons. The van der Waals surface area contributed by atoms with E-state index in [1.54, 1.807) is 55.5 Å². The van der Waals surface area contributed by atoms with Crippen molar-refractivity contribution in [2.24, 2.45) is 4.99 Å². The Kier molecular flexibility index (Phi) is 7.42. The molecular formula is C26H25ClN2O5S. The van der Waals surface area contributed by atoms with E-state index in [9.17, 15) is 14.7 Å². The van der Waals surface area contributed by atoms with E-state index in [1.165, 1.54) is 23.0 Å². The van der Waals surface area contributed by atoms with Crippen LogP contribution in [0.5, 0.6) is 11.5 Å². The van der Waals surface area contributed by atoms with Gasteiger partial charge in [-0.15, -0.1) is 0 Å². The molecule has 7 nitrogen and oxygen atoms in total. The number of hydrogen-bond donors (Lipinski definition) is 1. The Hall–Kier alpha value is -3.36.